The molecule has 0 aromatic heterocycles. The zero-order valence-electron chi connectivity index (χ0n) is 8.70. The van der Waals surface area contributed by atoms with Gasteiger partial charge in [-0.3, -0.25) is 14.9 Å². The monoisotopic (exact) mass is 329 g/mol. The molecule has 1 aromatic rings. The molecule has 1 N–H and O–H groups in total. The maximum Gasteiger partial charge on any atom is 0.230 e. The van der Waals surface area contributed by atoms with Crippen molar-refractivity contribution in [1.29, 1.82) is 0 Å². The van der Waals surface area contributed by atoms with Gasteiger partial charge in [0.1, 0.15) is 0 Å². The molecule has 0 unspecified atom stereocenters. The van der Waals surface area contributed by atoms with Crippen molar-refractivity contribution in [3.8, 4) is 0 Å². The van der Waals surface area contributed by atoms with Crippen LogP contribution in [0.15, 0.2) is 24.3 Å². The summed E-state index contributed by atoms with van der Waals surface area (Å²) in [5.74, 6) is -0.337. The average molecular weight is 329 g/mol. The van der Waals surface area contributed by atoms with E-state index in [9.17, 15) is 9.59 Å². The van der Waals surface area contributed by atoms with Crippen molar-refractivity contribution in [2.45, 2.75) is 19.3 Å². The van der Waals surface area contributed by atoms with Crippen molar-refractivity contribution >= 4 is 34.4 Å². The second-order valence-electron chi connectivity index (χ2n) is 3.98. The minimum Gasteiger partial charge on any atom is -0.296 e. The Hall–Kier alpha value is -0.910. The second-order valence-corrected chi connectivity index (χ2v) is 5.22. The molecule has 0 radical (unpaired) electrons. The van der Waals surface area contributed by atoms with Crippen LogP contribution in [0.1, 0.15) is 18.4 Å². The lowest BCUT2D eigenvalue weighted by Gasteiger charge is -2.20. The van der Waals surface area contributed by atoms with Crippen molar-refractivity contribution in [2.24, 2.45) is 5.92 Å². The standard InChI is InChI=1S/C12H12INO2/c13-10-4-1-8(2-5-10)7-9-3-6-11(15)14-12(9)16/h1-2,4-5,9H,3,6-7H2,(H,14,15,16)/t9-/m0/s1. The van der Waals surface area contributed by atoms with Crippen LogP contribution in [0.2, 0.25) is 0 Å². The van der Waals surface area contributed by atoms with Crippen LogP contribution in [-0.4, -0.2) is 11.8 Å². The molecule has 2 rings (SSSR count). The first-order valence-electron chi connectivity index (χ1n) is 5.23. The van der Waals surface area contributed by atoms with E-state index in [1.807, 2.05) is 24.3 Å². The fourth-order valence-electron chi connectivity index (χ4n) is 1.84. The van der Waals surface area contributed by atoms with Gasteiger partial charge >= 0.3 is 0 Å². The Balaban J connectivity index is 2.02. The van der Waals surface area contributed by atoms with Crippen molar-refractivity contribution in [3.05, 3.63) is 33.4 Å². The fourth-order valence-corrected chi connectivity index (χ4v) is 2.20. The van der Waals surface area contributed by atoms with E-state index in [-0.39, 0.29) is 17.7 Å². The first kappa shape index (κ1) is 11.6. The predicted molar refractivity (Wildman–Crippen MR) is 68.7 cm³/mol. The molecule has 0 aliphatic carbocycles. The third-order valence-corrected chi connectivity index (χ3v) is 3.47. The highest BCUT2D eigenvalue weighted by Gasteiger charge is 2.26. The predicted octanol–water partition coefficient (Wildman–Crippen LogP) is 1.89. The zero-order chi connectivity index (χ0) is 11.5. The molecule has 84 valence electrons. The van der Waals surface area contributed by atoms with E-state index in [1.54, 1.807) is 0 Å². The van der Waals surface area contributed by atoms with Crippen molar-refractivity contribution in [1.82, 2.24) is 5.32 Å². The van der Waals surface area contributed by atoms with Crippen LogP contribution in [0.3, 0.4) is 0 Å². The smallest absolute Gasteiger partial charge is 0.230 e. The summed E-state index contributed by atoms with van der Waals surface area (Å²) >= 11 is 2.25. The number of carbonyl (C=O) groups is 2. The molecular weight excluding hydrogens is 317 g/mol. The quantitative estimate of drug-likeness (QED) is 0.665. The molecule has 1 fully saturated rings. The topological polar surface area (TPSA) is 46.2 Å². The van der Waals surface area contributed by atoms with Crippen LogP contribution >= 0.6 is 22.6 Å². The van der Waals surface area contributed by atoms with Crippen LogP contribution < -0.4 is 5.32 Å². The summed E-state index contributed by atoms with van der Waals surface area (Å²) in [5, 5.41) is 2.38. The van der Waals surface area contributed by atoms with E-state index in [1.165, 1.54) is 3.57 Å². The zero-order valence-corrected chi connectivity index (χ0v) is 10.9. The van der Waals surface area contributed by atoms with Gasteiger partial charge in [0.2, 0.25) is 11.8 Å². The lowest BCUT2D eigenvalue weighted by molar-refractivity contribution is -0.136. The molecule has 16 heavy (non-hydrogen) atoms. The van der Waals surface area contributed by atoms with Crippen LogP contribution in [0.4, 0.5) is 0 Å². The van der Waals surface area contributed by atoms with E-state index in [2.05, 4.69) is 27.9 Å². The van der Waals surface area contributed by atoms with Gasteiger partial charge in [0.05, 0.1) is 0 Å². The van der Waals surface area contributed by atoms with Gasteiger partial charge in [0.15, 0.2) is 0 Å². The van der Waals surface area contributed by atoms with Crippen LogP contribution in [0, 0.1) is 9.49 Å². The van der Waals surface area contributed by atoms with Crippen LogP contribution in [0.5, 0.6) is 0 Å². The number of carbonyl (C=O) groups excluding carboxylic acids is 2. The lowest BCUT2D eigenvalue weighted by Crippen LogP contribution is -2.41. The number of imide groups is 1. The number of rotatable bonds is 2. The second kappa shape index (κ2) is 4.95. The minimum atomic E-state index is -0.149. The largest absolute Gasteiger partial charge is 0.296 e. The number of benzene rings is 1. The minimum absolute atomic E-state index is 0.0576. The summed E-state index contributed by atoms with van der Waals surface area (Å²) in [7, 11) is 0. The number of hydrogen-bond acceptors (Lipinski definition) is 2. The van der Waals surface area contributed by atoms with E-state index in [0.717, 1.165) is 12.0 Å². The van der Waals surface area contributed by atoms with Gasteiger partial charge in [-0.15, -0.1) is 0 Å². The number of halogens is 1. The van der Waals surface area contributed by atoms with Gasteiger partial charge in [-0.25, -0.2) is 0 Å². The maximum atomic E-state index is 11.5. The Labute approximate surface area is 108 Å². The first-order chi connectivity index (χ1) is 7.65. The van der Waals surface area contributed by atoms with E-state index in [4.69, 9.17) is 0 Å². The Morgan fingerprint density at radius 3 is 2.56 bits per heavy atom. The summed E-state index contributed by atoms with van der Waals surface area (Å²) in [6.45, 7) is 0. The molecular formula is C12H12INO2. The molecule has 1 heterocycles. The maximum absolute atomic E-state index is 11.5. The number of piperidine rings is 1. The van der Waals surface area contributed by atoms with Gasteiger partial charge < -0.3 is 0 Å². The van der Waals surface area contributed by atoms with Crippen LogP contribution in [-0.2, 0) is 16.0 Å². The molecule has 1 aliphatic rings. The van der Waals surface area contributed by atoms with Gasteiger partial charge in [-0.1, -0.05) is 12.1 Å². The molecule has 1 aliphatic heterocycles. The van der Waals surface area contributed by atoms with E-state index < -0.39 is 0 Å². The van der Waals surface area contributed by atoms with Crippen molar-refractivity contribution in [3.63, 3.8) is 0 Å². The van der Waals surface area contributed by atoms with E-state index in [0.29, 0.717) is 12.8 Å². The Bertz CT molecular complexity index is 414. The summed E-state index contributed by atoms with van der Waals surface area (Å²) < 4.78 is 1.18. The third kappa shape index (κ3) is 2.81. The highest BCUT2D eigenvalue weighted by atomic mass is 127. The van der Waals surface area contributed by atoms with Crippen molar-refractivity contribution < 1.29 is 9.59 Å². The molecule has 1 aromatic carbocycles. The Morgan fingerprint density at radius 1 is 1.25 bits per heavy atom. The van der Waals surface area contributed by atoms with Crippen LogP contribution in [0.25, 0.3) is 0 Å². The number of hydrogen-bond donors (Lipinski definition) is 1. The molecule has 1 saturated heterocycles. The van der Waals surface area contributed by atoms with E-state index >= 15 is 0 Å². The summed E-state index contributed by atoms with van der Waals surface area (Å²) in [6.07, 6.45) is 1.84. The SMILES string of the molecule is O=C1CC[C@@H](Cc2ccc(I)cc2)C(=O)N1. The first-order valence-corrected chi connectivity index (χ1v) is 6.31. The molecule has 3 nitrogen and oxygen atoms in total. The molecule has 0 bridgehead atoms. The highest BCUT2D eigenvalue weighted by Crippen LogP contribution is 2.18. The summed E-state index contributed by atoms with van der Waals surface area (Å²) in [5.41, 5.74) is 1.15. The summed E-state index contributed by atoms with van der Waals surface area (Å²) in [4.78, 5) is 22.5. The lowest BCUT2D eigenvalue weighted by atomic mass is 9.91. The Morgan fingerprint density at radius 2 is 1.94 bits per heavy atom. The third-order valence-electron chi connectivity index (χ3n) is 2.75. The Kier molecular flexibility index (Phi) is 3.58. The number of nitrogens with one attached hydrogen (secondary N) is 1. The molecule has 0 saturated carbocycles. The van der Waals surface area contributed by atoms with Gasteiger partial charge in [-0.05, 0) is 53.1 Å². The van der Waals surface area contributed by atoms with Gasteiger partial charge in [0, 0.05) is 15.9 Å². The van der Waals surface area contributed by atoms with Crippen molar-refractivity contribution in [2.75, 3.05) is 0 Å². The molecule has 1 atom stereocenters. The van der Waals surface area contributed by atoms with Gasteiger partial charge in [-0.2, -0.15) is 0 Å². The average Bonchev–Trinajstić information content (AvgIpc) is 2.25. The molecule has 4 heteroatoms. The number of amides is 2. The van der Waals surface area contributed by atoms with Gasteiger partial charge in [0.25, 0.3) is 0 Å². The molecule has 0 spiro atoms. The summed E-state index contributed by atoms with van der Waals surface area (Å²) in [6, 6.07) is 8.13. The highest BCUT2D eigenvalue weighted by molar-refractivity contribution is 14.1. The fraction of sp³-hybridized carbons (Fsp3) is 0.333. The normalized spacial score (nSPS) is 20.7. The molecule has 2 amide bonds.